The summed E-state index contributed by atoms with van der Waals surface area (Å²) in [5, 5.41) is 10.6. The molecule has 0 saturated heterocycles. The predicted molar refractivity (Wildman–Crippen MR) is 82.5 cm³/mol. The monoisotopic (exact) mass is 318 g/mol. The first kappa shape index (κ1) is 15.7. The highest BCUT2D eigenvalue weighted by Gasteiger charge is 2.22. The van der Waals surface area contributed by atoms with Crippen LogP contribution in [0.2, 0.25) is 0 Å². The summed E-state index contributed by atoms with van der Waals surface area (Å²) in [6.07, 6.45) is 1.23. The summed E-state index contributed by atoms with van der Waals surface area (Å²) < 4.78 is 26.2. The highest BCUT2D eigenvalue weighted by atomic mass is 32.2. The van der Waals surface area contributed by atoms with E-state index >= 15 is 0 Å². The zero-order valence-corrected chi connectivity index (χ0v) is 12.4. The molecule has 2 aromatic carbocycles. The maximum atomic E-state index is 12.5. The molecule has 0 N–H and O–H groups in total. The lowest BCUT2D eigenvalue weighted by atomic mass is 10.2. The number of nitro benzene ring substituents is 1. The molecule has 7 heteroatoms. The van der Waals surface area contributed by atoms with E-state index < -0.39 is 14.9 Å². The fourth-order valence-corrected chi connectivity index (χ4v) is 3.15. The lowest BCUT2D eigenvalue weighted by Crippen LogP contribution is -2.25. The van der Waals surface area contributed by atoms with E-state index in [0.717, 1.165) is 22.0 Å². The van der Waals surface area contributed by atoms with Crippen LogP contribution in [0.15, 0.2) is 72.3 Å². The van der Waals surface area contributed by atoms with Crippen molar-refractivity contribution in [2.24, 2.45) is 0 Å². The molecule has 0 unspecified atom stereocenters. The topological polar surface area (TPSA) is 80.5 Å². The van der Waals surface area contributed by atoms with Crippen molar-refractivity contribution in [2.75, 3.05) is 0 Å². The van der Waals surface area contributed by atoms with E-state index in [9.17, 15) is 18.5 Å². The molecule has 114 valence electrons. The van der Waals surface area contributed by atoms with Crippen molar-refractivity contribution in [3.8, 4) is 0 Å². The van der Waals surface area contributed by atoms with Gasteiger partial charge in [0, 0.05) is 18.3 Å². The van der Waals surface area contributed by atoms with E-state index in [1.54, 1.807) is 0 Å². The maximum absolute atomic E-state index is 12.5. The Balaban J connectivity index is 2.30. The standard InChI is InChI=1S/C15H14N2O4S/c1-2-16(12-13-6-4-3-5-7-13)22(20,21)15-10-8-14(9-11-15)17(18)19/h2-11H,1,12H2. The van der Waals surface area contributed by atoms with Crippen LogP contribution in [0.5, 0.6) is 0 Å². The average molecular weight is 318 g/mol. The SMILES string of the molecule is C=CN(Cc1ccccc1)S(=O)(=O)c1ccc([N+](=O)[O-])cc1. The Hall–Kier alpha value is -2.67. The molecule has 0 aliphatic heterocycles. The van der Waals surface area contributed by atoms with Crippen LogP contribution in [0, 0.1) is 10.1 Å². The van der Waals surface area contributed by atoms with Gasteiger partial charge in [-0.2, -0.15) is 0 Å². The number of benzene rings is 2. The molecule has 0 fully saturated rings. The minimum absolute atomic E-state index is 0.0195. The minimum atomic E-state index is -3.80. The van der Waals surface area contributed by atoms with Crippen LogP contribution in [0.4, 0.5) is 5.69 Å². The van der Waals surface area contributed by atoms with E-state index in [0.29, 0.717) is 0 Å². The number of hydrogen-bond acceptors (Lipinski definition) is 4. The molecule has 0 radical (unpaired) electrons. The third kappa shape index (κ3) is 3.32. The Bertz CT molecular complexity index is 771. The van der Waals surface area contributed by atoms with Crippen LogP contribution in [-0.2, 0) is 16.6 Å². The molecule has 2 aromatic rings. The second kappa shape index (κ2) is 6.40. The van der Waals surface area contributed by atoms with Crippen LogP contribution >= 0.6 is 0 Å². The first-order valence-electron chi connectivity index (χ1n) is 6.38. The first-order chi connectivity index (χ1) is 10.4. The summed E-state index contributed by atoms with van der Waals surface area (Å²) in [7, 11) is -3.80. The van der Waals surface area contributed by atoms with Crippen LogP contribution in [0.25, 0.3) is 0 Å². The maximum Gasteiger partial charge on any atom is 0.269 e. The zero-order chi connectivity index (χ0) is 16.2. The lowest BCUT2D eigenvalue weighted by Gasteiger charge is -2.20. The molecule has 22 heavy (non-hydrogen) atoms. The van der Waals surface area contributed by atoms with Gasteiger partial charge in [-0.3, -0.25) is 14.4 Å². The number of hydrogen-bond donors (Lipinski definition) is 0. The van der Waals surface area contributed by atoms with Crippen molar-refractivity contribution in [1.29, 1.82) is 0 Å². The van der Waals surface area contributed by atoms with Crippen molar-refractivity contribution in [2.45, 2.75) is 11.4 Å². The first-order valence-corrected chi connectivity index (χ1v) is 7.82. The predicted octanol–water partition coefficient (Wildman–Crippen LogP) is 2.93. The third-order valence-electron chi connectivity index (χ3n) is 3.04. The van der Waals surface area contributed by atoms with Gasteiger partial charge in [0.15, 0.2) is 0 Å². The molecule has 0 aromatic heterocycles. The molecule has 0 amide bonds. The highest BCUT2D eigenvalue weighted by molar-refractivity contribution is 7.89. The van der Waals surface area contributed by atoms with Gasteiger partial charge in [-0.25, -0.2) is 8.42 Å². The van der Waals surface area contributed by atoms with Crippen molar-refractivity contribution >= 4 is 15.7 Å². The normalized spacial score (nSPS) is 10.9. The molecule has 0 heterocycles. The molecule has 0 aliphatic carbocycles. The van der Waals surface area contributed by atoms with Crippen molar-refractivity contribution in [3.05, 3.63) is 83.1 Å². The zero-order valence-electron chi connectivity index (χ0n) is 11.6. The number of sulfonamides is 1. The van der Waals surface area contributed by atoms with E-state index in [2.05, 4.69) is 6.58 Å². The molecule has 2 rings (SSSR count). The summed E-state index contributed by atoms with van der Waals surface area (Å²) in [5.74, 6) is 0. The fourth-order valence-electron chi connectivity index (χ4n) is 1.89. The Morgan fingerprint density at radius 3 is 2.18 bits per heavy atom. The summed E-state index contributed by atoms with van der Waals surface area (Å²) in [5.41, 5.74) is 0.653. The molecule has 0 atom stereocenters. The quantitative estimate of drug-likeness (QED) is 0.606. The van der Waals surface area contributed by atoms with Gasteiger partial charge in [-0.15, -0.1) is 0 Å². The Morgan fingerprint density at radius 1 is 1.09 bits per heavy atom. The Labute approximate surface area is 128 Å². The van der Waals surface area contributed by atoms with Crippen molar-refractivity contribution in [3.63, 3.8) is 0 Å². The van der Waals surface area contributed by atoms with E-state index in [1.807, 2.05) is 30.3 Å². The Morgan fingerprint density at radius 2 is 1.68 bits per heavy atom. The molecular weight excluding hydrogens is 304 g/mol. The smallest absolute Gasteiger partial charge is 0.269 e. The van der Waals surface area contributed by atoms with Gasteiger partial charge in [-0.1, -0.05) is 36.9 Å². The van der Waals surface area contributed by atoms with Crippen molar-refractivity contribution < 1.29 is 13.3 Å². The van der Waals surface area contributed by atoms with E-state index in [-0.39, 0.29) is 17.1 Å². The van der Waals surface area contributed by atoms with Gasteiger partial charge in [0.1, 0.15) is 0 Å². The molecule has 6 nitrogen and oxygen atoms in total. The second-order valence-corrected chi connectivity index (χ2v) is 6.36. The molecule has 0 saturated carbocycles. The van der Waals surface area contributed by atoms with Gasteiger partial charge >= 0.3 is 0 Å². The third-order valence-corrected chi connectivity index (χ3v) is 4.80. The summed E-state index contributed by atoms with van der Waals surface area (Å²) in [4.78, 5) is 10.0. The molecule has 0 aliphatic rings. The minimum Gasteiger partial charge on any atom is -0.270 e. The number of nitro groups is 1. The molecular formula is C15H14N2O4S. The summed E-state index contributed by atoms with van der Waals surface area (Å²) >= 11 is 0. The summed E-state index contributed by atoms with van der Waals surface area (Å²) in [6, 6.07) is 13.8. The Kier molecular flexibility index (Phi) is 4.57. The van der Waals surface area contributed by atoms with E-state index in [4.69, 9.17) is 0 Å². The second-order valence-electron chi connectivity index (χ2n) is 4.47. The average Bonchev–Trinajstić information content (AvgIpc) is 2.53. The fraction of sp³-hybridized carbons (Fsp3) is 0.0667. The van der Waals surface area contributed by atoms with Gasteiger partial charge in [0.25, 0.3) is 15.7 Å². The van der Waals surface area contributed by atoms with Gasteiger partial charge in [0.05, 0.1) is 16.4 Å². The number of non-ortho nitro benzene ring substituents is 1. The van der Waals surface area contributed by atoms with Crippen LogP contribution in [0.1, 0.15) is 5.56 Å². The van der Waals surface area contributed by atoms with Crippen LogP contribution in [0.3, 0.4) is 0 Å². The van der Waals surface area contributed by atoms with Crippen LogP contribution < -0.4 is 0 Å². The summed E-state index contributed by atoms with van der Waals surface area (Å²) in [6.45, 7) is 3.68. The van der Waals surface area contributed by atoms with Gasteiger partial charge in [-0.05, 0) is 17.7 Å². The lowest BCUT2D eigenvalue weighted by molar-refractivity contribution is -0.384. The van der Waals surface area contributed by atoms with Crippen LogP contribution in [-0.4, -0.2) is 17.6 Å². The van der Waals surface area contributed by atoms with Crippen molar-refractivity contribution in [1.82, 2.24) is 4.31 Å². The van der Waals surface area contributed by atoms with Gasteiger partial charge < -0.3 is 0 Å². The molecule has 0 spiro atoms. The highest BCUT2D eigenvalue weighted by Crippen LogP contribution is 2.21. The number of nitrogens with zero attached hydrogens (tertiary/aromatic N) is 2. The number of rotatable bonds is 6. The van der Waals surface area contributed by atoms with Gasteiger partial charge in [0.2, 0.25) is 0 Å². The van der Waals surface area contributed by atoms with E-state index in [1.165, 1.54) is 18.3 Å². The molecule has 0 bridgehead atoms. The largest absolute Gasteiger partial charge is 0.270 e.